The molecule has 0 atom stereocenters. The summed E-state index contributed by atoms with van der Waals surface area (Å²) in [6, 6.07) is 15.6. The van der Waals surface area contributed by atoms with Crippen molar-refractivity contribution in [3.63, 3.8) is 0 Å². The van der Waals surface area contributed by atoms with Gasteiger partial charge in [-0.3, -0.25) is 4.79 Å². The number of carbonyl (C=O) groups is 1. The van der Waals surface area contributed by atoms with Gasteiger partial charge in [0.05, 0.1) is 29.5 Å². The third kappa shape index (κ3) is 3.61. The molecular formula is C24H22ClN3O3S. The summed E-state index contributed by atoms with van der Waals surface area (Å²) in [5.74, 6) is 1.19. The highest BCUT2D eigenvalue weighted by Crippen LogP contribution is 2.38. The quantitative estimate of drug-likeness (QED) is 0.419. The lowest BCUT2D eigenvalue weighted by molar-refractivity contribution is 0.0743. The normalized spacial score (nSPS) is 14.2. The van der Waals surface area contributed by atoms with Crippen molar-refractivity contribution in [2.45, 2.75) is 0 Å². The molecule has 32 heavy (non-hydrogen) atoms. The Morgan fingerprint density at radius 3 is 2.41 bits per heavy atom. The minimum absolute atomic E-state index is 0.00926. The first-order valence-electron chi connectivity index (χ1n) is 10.3. The number of anilines is 1. The zero-order chi connectivity index (χ0) is 22.2. The van der Waals surface area contributed by atoms with Crippen LogP contribution in [-0.2, 0) is 0 Å². The first-order valence-corrected chi connectivity index (χ1v) is 11.5. The van der Waals surface area contributed by atoms with Crippen molar-refractivity contribution in [3.05, 3.63) is 59.1 Å². The number of hydrogen-bond donors (Lipinski definition) is 0. The summed E-state index contributed by atoms with van der Waals surface area (Å²) in [5.41, 5.74) is 1.37. The molecule has 0 spiro atoms. The second-order valence-corrected chi connectivity index (χ2v) is 9.02. The highest BCUT2D eigenvalue weighted by Gasteiger charge is 2.26. The number of nitrogens with zero attached hydrogens (tertiary/aromatic N) is 3. The number of methoxy groups -OCH3 is 2. The van der Waals surface area contributed by atoms with Crippen molar-refractivity contribution >= 4 is 55.0 Å². The topological polar surface area (TPSA) is 54.9 Å². The maximum absolute atomic E-state index is 13.3. The standard InChI is InChI=1S/C24H22ClN3O3S/c1-30-19-14-16-6-4-3-5-15(16)13-17(19)23(29)27-9-11-28(12-10-27)24-26-21-20(32-24)8-7-18(25)22(21)31-2/h3-8,13-14H,9-12H2,1-2H3. The molecule has 1 fully saturated rings. The number of hydrogen-bond acceptors (Lipinski definition) is 6. The van der Waals surface area contributed by atoms with Gasteiger partial charge in [-0.05, 0) is 35.0 Å². The van der Waals surface area contributed by atoms with E-state index >= 15 is 0 Å². The Morgan fingerprint density at radius 2 is 1.72 bits per heavy atom. The van der Waals surface area contributed by atoms with Crippen LogP contribution in [0.15, 0.2) is 48.5 Å². The number of rotatable bonds is 4. The lowest BCUT2D eigenvalue weighted by atomic mass is 10.0. The van der Waals surface area contributed by atoms with Crippen LogP contribution in [0.2, 0.25) is 5.02 Å². The summed E-state index contributed by atoms with van der Waals surface area (Å²) in [5, 5.41) is 3.54. The largest absolute Gasteiger partial charge is 0.496 e. The van der Waals surface area contributed by atoms with Crippen LogP contribution >= 0.6 is 22.9 Å². The van der Waals surface area contributed by atoms with Crippen molar-refractivity contribution < 1.29 is 14.3 Å². The molecule has 5 rings (SSSR count). The first-order chi connectivity index (χ1) is 15.6. The molecule has 1 amide bonds. The summed E-state index contributed by atoms with van der Waals surface area (Å²) in [7, 11) is 3.21. The van der Waals surface area contributed by atoms with Gasteiger partial charge in [0, 0.05) is 26.2 Å². The summed E-state index contributed by atoms with van der Waals surface area (Å²) in [6.45, 7) is 2.64. The van der Waals surface area contributed by atoms with E-state index in [4.69, 9.17) is 26.1 Å². The maximum atomic E-state index is 13.3. The molecule has 0 radical (unpaired) electrons. The van der Waals surface area contributed by atoms with Crippen molar-refractivity contribution in [1.29, 1.82) is 0 Å². The zero-order valence-corrected chi connectivity index (χ0v) is 19.4. The lowest BCUT2D eigenvalue weighted by Gasteiger charge is -2.34. The minimum Gasteiger partial charge on any atom is -0.496 e. The van der Waals surface area contributed by atoms with Gasteiger partial charge < -0.3 is 19.3 Å². The predicted octanol–water partition coefficient (Wildman–Crippen LogP) is 5.08. The van der Waals surface area contributed by atoms with E-state index < -0.39 is 0 Å². The monoisotopic (exact) mass is 467 g/mol. The first kappa shape index (κ1) is 20.8. The summed E-state index contributed by atoms with van der Waals surface area (Å²) in [6.07, 6.45) is 0. The van der Waals surface area contributed by atoms with E-state index in [1.54, 1.807) is 25.6 Å². The molecule has 1 saturated heterocycles. The van der Waals surface area contributed by atoms with Crippen molar-refractivity contribution in [3.8, 4) is 11.5 Å². The fourth-order valence-corrected chi connectivity index (χ4v) is 5.34. The molecule has 1 aliphatic rings. The SMILES string of the molecule is COc1cc2ccccc2cc1C(=O)N1CCN(c2nc3c(OC)c(Cl)ccc3s2)CC1. The average molecular weight is 468 g/mol. The van der Waals surface area contributed by atoms with Gasteiger partial charge in [-0.25, -0.2) is 4.98 Å². The molecule has 8 heteroatoms. The number of piperazine rings is 1. The Labute approximate surface area is 194 Å². The zero-order valence-electron chi connectivity index (χ0n) is 17.8. The lowest BCUT2D eigenvalue weighted by Crippen LogP contribution is -2.48. The van der Waals surface area contributed by atoms with Crippen LogP contribution in [-0.4, -0.2) is 56.2 Å². The van der Waals surface area contributed by atoms with E-state index in [1.807, 2.05) is 53.4 Å². The van der Waals surface area contributed by atoms with E-state index in [9.17, 15) is 4.79 Å². The van der Waals surface area contributed by atoms with Gasteiger partial charge in [0.2, 0.25) is 0 Å². The molecule has 0 aliphatic carbocycles. The predicted molar refractivity (Wildman–Crippen MR) is 130 cm³/mol. The summed E-state index contributed by atoms with van der Waals surface area (Å²) >= 11 is 7.85. The fourth-order valence-electron chi connectivity index (χ4n) is 4.09. The van der Waals surface area contributed by atoms with Gasteiger partial charge in [0.1, 0.15) is 11.3 Å². The molecule has 1 aromatic heterocycles. The van der Waals surface area contributed by atoms with Gasteiger partial charge in [0.15, 0.2) is 10.9 Å². The second-order valence-electron chi connectivity index (χ2n) is 7.60. The molecule has 164 valence electrons. The van der Waals surface area contributed by atoms with Gasteiger partial charge in [0.25, 0.3) is 5.91 Å². The molecular weight excluding hydrogens is 446 g/mol. The molecule has 0 saturated carbocycles. The van der Waals surface area contributed by atoms with Gasteiger partial charge >= 0.3 is 0 Å². The van der Waals surface area contributed by atoms with Crippen molar-refractivity contribution in [1.82, 2.24) is 9.88 Å². The molecule has 2 heterocycles. The highest BCUT2D eigenvalue weighted by molar-refractivity contribution is 7.22. The number of halogens is 1. The van der Waals surface area contributed by atoms with E-state index in [0.29, 0.717) is 48.3 Å². The average Bonchev–Trinajstić information content (AvgIpc) is 3.27. The van der Waals surface area contributed by atoms with Gasteiger partial charge in [-0.15, -0.1) is 0 Å². The van der Waals surface area contributed by atoms with E-state index in [0.717, 1.165) is 26.1 Å². The maximum Gasteiger partial charge on any atom is 0.257 e. The third-order valence-corrected chi connectivity index (χ3v) is 7.17. The number of amides is 1. The summed E-state index contributed by atoms with van der Waals surface area (Å²) < 4.78 is 12.0. The molecule has 0 N–H and O–H groups in total. The molecule has 1 aliphatic heterocycles. The minimum atomic E-state index is -0.00926. The Balaban J connectivity index is 1.35. The Hall–Kier alpha value is -3.03. The number of benzene rings is 3. The molecule has 3 aromatic carbocycles. The van der Waals surface area contributed by atoms with Crippen LogP contribution in [0, 0.1) is 0 Å². The Morgan fingerprint density at radius 1 is 1.00 bits per heavy atom. The van der Waals surface area contributed by atoms with Gasteiger partial charge in [-0.1, -0.05) is 47.2 Å². The van der Waals surface area contributed by atoms with Crippen LogP contribution in [0.4, 0.5) is 5.13 Å². The number of aromatic nitrogens is 1. The Kier molecular flexibility index (Phi) is 5.53. The molecule has 0 unspecified atom stereocenters. The fraction of sp³-hybridized carbons (Fsp3) is 0.250. The van der Waals surface area contributed by atoms with Gasteiger partial charge in [-0.2, -0.15) is 0 Å². The van der Waals surface area contributed by atoms with Crippen molar-refractivity contribution in [2.75, 3.05) is 45.3 Å². The number of thiazole rings is 1. The number of ether oxygens (including phenoxy) is 2. The Bertz CT molecular complexity index is 1310. The molecule has 4 aromatic rings. The van der Waals surface area contributed by atoms with Crippen LogP contribution < -0.4 is 14.4 Å². The second kappa shape index (κ2) is 8.48. The van der Waals surface area contributed by atoms with E-state index in [-0.39, 0.29) is 5.91 Å². The van der Waals surface area contributed by atoms with Crippen LogP contribution in [0.1, 0.15) is 10.4 Å². The van der Waals surface area contributed by atoms with Crippen molar-refractivity contribution in [2.24, 2.45) is 0 Å². The van der Waals surface area contributed by atoms with Crippen LogP contribution in [0.3, 0.4) is 0 Å². The molecule has 0 bridgehead atoms. The van der Waals surface area contributed by atoms with Crippen LogP contribution in [0.25, 0.3) is 21.0 Å². The third-order valence-electron chi connectivity index (χ3n) is 5.79. The number of carbonyl (C=O) groups excluding carboxylic acids is 1. The highest BCUT2D eigenvalue weighted by atomic mass is 35.5. The smallest absolute Gasteiger partial charge is 0.257 e. The van der Waals surface area contributed by atoms with Crippen LogP contribution in [0.5, 0.6) is 11.5 Å². The van der Waals surface area contributed by atoms with E-state index in [2.05, 4.69) is 4.90 Å². The number of fused-ring (bicyclic) bond motifs is 2. The van der Waals surface area contributed by atoms with E-state index in [1.165, 1.54) is 0 Å². The molecule has 6 nitrogen and oxygen atoms in total. The summed E-state index contributed by atoms with van der Waals surface area (Å²) in [4.78, 5) is 22.2.